The summed E-state index contributed by atoms with van der Waals surface area (Å²) in [6.45, 7) is 21.3. The minimum atomic E-state index is -0.166. The minimum Gasteiger partial charge on any atom is -0.400 e. The molecule has 0 spiro atoms. The number of aliphatic hydroxyl groups excluding tert-OH is 2. The number of hydrogen-bond donors (Lipinski definition) is 2. The molecule has 2 nitrogen and oxygen atoms in total. The van der Waals surface area contributed by atoms with Crippen LogP contribution in [0.15, 0.2) is 23.3 Å². The maximum Gasteiger partial charge on any atom is 0.0628 e. The van der Waals surface area contributed by atoms with Crippen LogP contribution in [0.25, 0.3) is 0 Å². The molecule has 0 aromatic rings. The number of aliphatic hydroxyl groups is 2. The van der Waals surface area contributed by atoms with Crippen molar-refractivity contribution < 1.29 is 10.2 Å². The predicted molar refractivity (Wildman–Crippen MR) is 166 cm³/mol. The van der Waals surface area contributed by atoms with Gasteiger partial charge in [0, 0.05) is 12.5 Å². The van der Waals surface area contributed by atoms with E-state index in [-0.39, 0.29) is 11.5 Å². The topological polar surface area (TPSA) is 40.5 Å². The van der Waals surface area contributed by atoms with Gasteiger partial charge in [0.1, 0.15) is 0 Å². The predicted octanol–water partition coefficient (Wildman–Crippen LogP) is 10.1. The van der Waals surface area contributed by atoms with Crippen LogP contribution >= 0.6 is 0 Å². The summed E-state index contributed by atoms with van der Waals surface area (Å²) < 4.78 is 0. The molecule has 0 radical (unpaired) electrons. The Morgan fingerprint density at radius 3 is 2.18 bits per heavy atom. The fourth-order valence-electron chi connectivity index (χ4n) is 9.75. The van der Waals surface area contributed by atoms with Crippen LogP contribution in [0.3, 0.4) is 0 Å². The largest absolute Gasteiger partial charge is 0.400 e. The molecule has 8 atom stereocenters. The van der Waals surface area contributed by atoms with E-state index in [0.717, 1.165) is 43.1 Å². The quantitative estimate of drug-likeness (QED) is 0.254. The first-order valence-electron chi connectivity index (χ1n) is 16.4. The Bertz CT molecular complexity index is 772. The summed E-state index contributed by atoms with van der Waals surface area (Å²) in [5.74, 6) is 4.42. The van der Waals surface area contributed by atoms with Crippen molar-refractivity contribution in [1.29, 1.82) is 0 Å². The molecule has 2 N–H and O–H groups in total. The Hall–Kier alpha value is -0.600. The van der Waals surface area contributed by atoms with Crippen molar-refractivity contribution >= 4 is 0 Å². The van der Waals surface area contributed by atoms with E-state index in [1.54, 1.807) is 5.57 Å². The highest BCUT2D eigenvalue weighted by Crippen LogP contribution is 2.68. The smallest absolute Gasteiger partial charge is 0.0628 e. The van der Waals surface area contributed by atoms with Gasteiger partial charge in [-0.3, -0.25) is 0 Å². The lowest BCUT2D eigenvalue weighted by molar-refractivity contribution is -0.0781. The van der Waals surface area contributed by atoms with Gasteiger partial charge in [-0.05, 0) is 112 Å². The highest BCUT2D eigenvalue weighted by Gasteiger charge is 2.61. The summed E-state index contributed by atoms with van der Waals surface area (Å²) in [6.07, 6.45) is 22.2. The number of hydrogen-bond acceptors (Lipinski definition) is 2. The Kier molecular flexibility index (Phi) is 12.7. The van der Waals surface area contributed by atoms with Gasteiger partial charge in [-0.25, -0.2) is 0 Å². The van der Waals surface area contributed by atoms with E-state index in [0.29, 0.717) is 10.8 Å². The van der Waals surface area contributed by atoms with Gasteiger partial charge in [0.05, 0.1) is 6.10 Å². The lowest BCUT2D eigenvalue weighted by atomic mass is 9.44. The second-order valence-corrected chi connectivity index (χ2v) is 14.7. The molecule has 4 aliphatic carbocycles. The van der Waals surface area contributed by atoms with Crippen molar-refractivity contribution in [2.75, 3.05) is 7.11 Å². The number of allylic oxidation sites excluding steroid dienone is 3. The Balaban J connectivity index is 0.000000651. The normalized spacial score (nSPS) is 37.6. The summed E-state index contributed by atoms with van der Waals surface area (Å²) in [5, 5.41) is 17.7. The van der Waals surface area contributed by atoms with Crippen LogP contribution in [0, 0.1) is 45.8 Å². The first kappa shape index (κ1) is 33.6. The zero-order valence-electron chi connectivity index (χ0n) is 27.2. The molecule has 0 aliphatic heterocycles. The Morgan fingerprint density at radius 1 is 0.947 bits per heavy atom. The number of rotatable bonds is 7. The summed E-state index contributed by atoms with van der Waals surface area (Å²) in [5.41, 5.74) is 3.90. The van der Waals surface area contributed by atoms with Gasteiger partial charge in [0.2, 0.25) is 0 Å². The molecular weight excluding hydrogens is 464 g/mol. The molecule has 8 unspecified atom stereocenters. The zero-order valence-corrected chi connectivity index (χ0v) is 27.2. The SMILES string of the molecule is CC(C)=CCCCC(C)C1CCC2C3CC=C4C(C)(C)C(O)CCC4(C)C3CCC12C.CCCCC.CO. The molecule has 0 aromatic carbocycles. The molecule has 2 heteroatoms. The van der Waals surface area contributed by atoms with Gasteiger partial charge in [0.15, 0.2) is 0 Å². The molecule has 0 heterocycles. The summed E-state index contributed by atoms with van der Waals surface area (Å²) in [4.78, 5) is 0. The summed E-state index contributed by atoms with van der Waals surface area (Å²) >= 11 is 0. The van der Waals surface area contributed by atoms with Gasteiger partial charge in [0.25, 0.3) is 0 Å². The van der Waals surface area contributed by atoms with Gasteiger partial charge in [-0.1, -0.05) is 97.4 Å². The number of fused-ring (bicyclic) bond motifs is 5. The third-order valence-corrected chi connectivity index (χ3v) is 11.8. The van der Waals surface area contributed by atoms with Gasteiger partial charge >= 0.3 is 0 Å². The maximum absolute atomic E-state index is 10.7. The summed E-state index contributed by atoms with van der Waals surface area (Å²) in [6, 6.07) is 0. The maximum atomic E-state index is 10.7. The van der Waals surface area contributed by atoms with Crippen LogP contribution in [-0.2, 0) is 0 Å². The average Bonchev–Trinajstić information content (AvgIpc) is 3.24. The van der Waals surface area contributed by atoms with Crippen molar-refractivity contribution in [2.45, 2.75) is 152 Å². The first-order valence-corrected chi connectivity index (χ1v) is 16.4. The highest BCUT2D eigenvalue weighted by molar-refractivity contribution is 5.31. The van der Waals surface area contributed by atoms with E-state index >= 15 is 0 Å². The van der Waals surface area contributed by atoms with Crippen molar-refractivity contribution in [3.8, 4) is 0 Å². The van der Waals surface area contributed by atoms with Crippen LogP contribution in [0.5, 0.6) is 0 Å². The molecule has 0 bridgehead atoms. The molecule has 0 amide bonds. The molecule has 4 rings (SSSR count). The van der Waals surface area contributed by atoms with Crippen molar-refractivity contribution in [2.24, 2.45) is 45.8 Å². The molecule has 0 saturated heterocycles. The van der Waals surface area contributed by atoms with E-state index in [1.807, 2.05) is 0 Å². The minimum absolute atomic E-state index is 0.0449. The van der Waals surface area contributed by atoms with E-state index in [9.17, 15) is 5.11 Å². The average molecular weight is 531 g/mol. The highest BCUT2D eigenvalue weighted by atomic mass is 16.3. The molecule has 4 aliphatic rings. The molecular formula is C36H66O2. The third-order valence-electron chi connectivity index (χ3n) is 11.8. The zero-order chi connectivity index (χ0) is 28.7. The van der Waals surface area contributed by atoms with E-state index in [4.69, 9.17) is 5.11 Å². The van der Waals surface area contributed by atoms with Crippen LogP contribution in [0.1, 0.15) is 146 Å². The molecule has 3 saturated carbocycles. The van der Waals surface area contributed by atoms with Crippen LogP contribution in [0.4, 0.5) is 0 Å². The van der Waals surface area contributed by atoms with Gasteiger partial charge < -0.3 is 10.2 Å². The standard InChI is InChI=1S/C30H50O.C5H12.CH4O/c1-20(2)10-8-9-11-21(3)23-13-14-24-22-12-15-26-28(4,5)27(31)17-19-30(26,7)25(22)16-18-29(23,24)6;1-3-5-4-2;1-2/h10,15,21-25,27,31H,8-9,11-14,16-19H2,1-7H3;3-5H2,1-2H3;2H,1H3. The lowest BCUT2D eigenvalue weighted by Gasteiger charge is -2.61. The second kappa shape index (κ2) is 14.3. The molecule has 38 heavy (non-hydrogen) atoms. The first-order chi connectivity index (χ1) is 17.9. The van der Waals surface area contributed by atoms with Crippen molar-refractivity contribution in [1.82, 2.24) is 0 Å². The third kappa shape index (κ3) is 6.82. The summed E-state index contributed by atoms with van der Waals surface area (Å²) in [7, 11) is 1.00. The molecule has 3 fully saturated rings. The van der Waals surface area contributed by atoms with Gasteiger partial charge in [-0.2, -0.15) is 0 Å². The van der Waals surface area contributed by atoms with Gasteiger partial charge in [-0.15, -0.1) is 0 Å². The molecule has 222 valence electrons. The Morgan fingerprint density at radius 2 is 1.61 bits per heavy atom. The second-order valence-electron chi connectivity index (χ2n) is 14.7. The van der Waals surface area contributed by atoms with E-state index in [1.165, 1.54) is 82.6 Å². The Labute approximate surface area is 238 Å². The van der Waals surface area contributed by atoms with Crippen LogP contribution in [0.2, 0.25) is 0 Å². The van der Waals surface area contributed by atoms with E-state index < -0.39 is 0 Å². The lowest BCUT2D eigenvalue weighted by Crippen LogP contribution is -2.54. The van der Waals surface area contributed by atoms with Crippen molar-refractivity contribution in [3.63, 3.8) is 0 Å². The van der Waals surface area contributed by atoms with Crippen LogP contribution in [-0.4, -0.2) is 23.4 Å². The fourth-order valence-corrected chi connectivity index (χ4v) is 9.75. The number of unbranched alkanes of at least 4 members (excludes halogenated alkanes) is 3. The fraction of sp³-hybridized carbons (Fsp3) is 0.889. The van der Waals surface area contributed by atoms with Crippen molar-refractivity contribution in [3.05, 3.63) is 23.3 Å². The molecule has 0 aromatic heterocycles. The van der Waals surface area contributed by atoms with Crippen LogP contribution < -0.4 is 0 Å². The van der Waals surface area contributed by atoms with E-state index in [2.05, 4.69) is 74.5 Å². The monoisotopic (exact) mass is 531 g/mol.